The van der Waals surface area contributed by atoms with Gasteiger partial charge in [0.05, 0.1) is 11.6 Å². The molecule has 6 nitrogen and oxygen atoms in total. The molecule has 20 heavy (non-hydrogen) atoms. The predicted molar refractivity (Wildman–Crippen MR) is 74.4 cm³/mol. The molecule has 1 unspecified atom stereocenters. The van der Waals surface area contributed by atoms with Gasteiger partial charge in [-0.3, -0.25) is 5.10 Å². The maximum absolute atomic E-state index is 12.1. The Balaban J connectivity index is 1.70. The van der Waals surface area contributed by atoms with E-state index in [1.54, 1.807) is 18.2 Å². The number of rotatable bonds is 3. The summed E-state index contributed by atoms with van der Waals surface area (Å²) in [6, 6.07) is 5.26. The number of H-pyrrole nitrogens is 1. The number of aromatic nitrogens is 2. The standard InChI is InChI=1S/C14H17N3O3/c15-9-4-5-12-11(7-9)13(17-16-12)14(18)20-8-10-3-1-2-6-19-10/h4-5,7,10H,1-3,6,8,15H2,(H,16,17). The Morgan fingerprint density at radius 3 is 3.20 bits per heavy atom. The first-order chi connectivity index (χ1) is 9.74. The number of ether oxygens (including phenoxy) is 2. The molecule has 0 spiro atoms. The number of nitrogens with two attached hydrogens (primary N) is 1. The molecule has 3 rings (SSSR count). The smallest absolute Gasteiger partial charge is 0.359 e. The van der Waals surface area contributed by atoms with Gasteiger partial charge in [-0.25, -0.2) is 4.79 Å². The Labute approximate surface area is 116 Å². The lowest BCUT2D eigenvalue weighted by atomic mass is 10.1. The quantitative estimate of drug-likeness (QED) is 0.659. The van der Waals surface area contributed by atoms with Gasteiger partial charge in [0.25, 0.3) is 0 Å². The van der Waals surface area contributed by atoms with Crippen molar-refractivity contribution in [2.24, 2.45) is 0 Å². The number of benzene rings is 1. The number of nitrogen functional groups attached to an aromatic ring is 1. The molecule has 6 heteroatoms. The summed E-state index contributed by atoms with van der Waals surface area (Å²) in [6.07, 6.45) is 3.13. The number of esters is 1. The van der Waals surface area contributed by atoms with E-state index in [0.29, 0.717) is 11.1 Å². The zero-order valence-electron chi connectivity index (χ0n) is 11.1. The highest BCUT2D eigenvalue weighted by molar-refractivity contribution is 6.02. The van der Waals surface area contributed by atoms with Crippen molar-refractivity contribution in [3.63, 3.8) is 0 Å². The van der Waals surface area contributed by atoms with E-state index in [2.05, 4.69) is 10.2 Å². The summed E-state index contributed by atoms with van der Waals surface area (Å²) < 4.78 is 10.8. The summed E-state index contributed by atoms with van der Waals surface area (Å²) in [5, 5.41) is 7.48. The van der Waals surface area contributed by atoms with Crippen LogP contribution in [0.15, 0.2) is 18.2 Å². The van der Waals surface area contributed by atoms with Crippen LogP contribution < -0.4 is 5.73 Å². The van der Waals surface area contributed by atoms with Gasteiger partial charge in [-0.2, -0.15) is 5.10 Å². The van der Waals surface area contributed by atoms with Crippen LogP contribution in [-0.4, -0.2) is 35.5 Å². The van der Waals surface area contributed by atoms with Crippen LogP contribution in [-0.2, 0) is 9.47 Å². The fourth-order valence-electron chi connectivity index (χ4n) is 2.36. The van der Waals surface area contributed by atoms with Crippen LogP contribution >= 0.6 is 0 Å². The summed E-state index contributed by atoms with van der Waals surface area (Å²) in [4.78, 5) is 12.1. The van der Waals surface area contributed by atoms with Crippen LogP contribution in [0.5, 0.6) is 0 Å². The van der Waals surface area contributed by atoms with E-state index < -0.39 is 5.97 Å². The SMILES string of the molecule is Nc1ccc2[nH]nc(C(=O)OCC3CCCCO3)c2c1. The second-order valence-corrected chi connectivity index (χ2v) is 4.96. The first kappa shape index (κ1) is 12.9. The van der Waals surface area contributed by atoms with Gasteiger partial charge in [0.2, 0.25) is 0 Å². The number of carbonyl (C=O) groups is 1. The highest BCUT2D eigenvalue weighted by Gasteiger charge is 2.19. The number of nitrogens with one attached hydrogen (secondary N) is 1. The van der Waals surface area contributed by atoms with Crippen LogP contribution in [0.25, 0.3) is 10.9 Å². The van der Waals surface area contributed by atoms with Crippen LogP contribution in [0, 0.1) is 0 Å². The average Bonchev–Trinajstić information content (AvgIpc) is 2.89. The van der Waals surface area contributed by atoms with E-state index in [1.807, 2.05) is 0 Å². The lowest BCUT2D eigenvalue weighted by molar-refractivity contribution is -0.0301. The molecule has 1 aliphatic heterocycles. The molecule has 1 aromatic heterocycles. The summed E-state index contributed by atoms with van der Waals surface area (Å²) in [5.74, 6) is -0.448. The third kappa shape index (κ3) is 2.60. The van der Waals surface area contributed by atoms with Crippen LogP contribution in [0.4, 0.5) is 5.69 Å². The fraction of sp³-hybridized carbons (Fsp3) is 0.429. The van der Waals surface area contributed by atoms with Gasteiger partial charge < -0.3 is 15.2 Å². The second-order valence-electron chi connectivity index (χ2n) is 4.96. The molecular formula is C14H17N3O3. The Morgan fingerprint density at radius 1 is 1.50 bits per heavy atom. The van der Waals surface area contributed by atoms with E-state index >= 15 is 0 Å². The van der Waals surface area contributed by atoms with Gasteiger partial charge >= 0.3 is 5.97 Å². The second kappa shape index (κ2) is 5.50. The Hall–Kier alpha value is -2.08. The molecule has 1 atom stereocenters. The minimum Gasteiger partial charge on any atom is -0.458 e. The van der Waals surface area contributed by atoms with E-state index in [4.69, 9.17) is 15.2 Å². The minimum atomic E-state index is -0.448. The first-order valence-electron chi connectivity index (χ1n) is 6.76. The molecular weight excluding hydrogens is 258 g/mol. The number of aromatic amines is 1. The van der Waals surface area contributed by atoms with Gasteiger partial charge in [-0.1, -0.05) is 0 Å². The van der Waals surface area contributed by atoms with Crippen molar-refractivity contribution in [3.8, 4) is 0 Å². The monoisotopic (exact) mass is 275 g/mol. The zero-order valence-corrected chi connectivity index (χ0v) is 11.1. The van der Waals surface area contributed by atoms with E-state index in [0.717, 1.165) is 31.4 Å². The molecule has 2 heterocycles. The molecule has 0 radical (unpaired) electrons. The highest BCUT2D eigenvalue weighted by Crippen LogP contribution is 2.20. The molecule has 1 aliphatic rings. The third-order valence-corrected chi connectivity index (χ3v) is 3.45. The zero-order chi connectivity index (χ0) is 13.9. The van der Waals surface area contributed by atoms with Gasteiger partial charge in [0, 0.05) is 17.7 Å². The van der Waals surface area contributed by atoms with E-state index in [1.165, 1.54) is 0 Å². The molecule has 1 fully saturated rings. The van der Waals surface area contributed by atoms with Crippen molar-refractivity contribution in [3.05, 3.63) is 23.9 Å². The fourth-order valence-corrected chi connectivity index (χ4v) is 2.36. The number of nitrogens with zero attached hydrogens (tertiary/aromatic N) is 1. The van der Waals surface area contributed by atoms with Crippen molar-refractivity contribution in [1.82, 2.24) is 10.2 Å². The topological polar surface area (TPSA) is 90.2 Å². The molecule has 106 valence electrons. The predicted octanol–water partition coefficient (Wildman–Crippen LogP) is 1.87. The molecule has 0 aliphatic carbocycles. The van der Waals surface area contributed by atoms with Crippen LogP contribution in [0.3, 0.4) is 0 Å². The molecule has 1 saturated heterocycles. The maximum atomic E-state index is 12.1. The van der Waals surface area contributed by atoms with Crippen LogP contribution in [0.2, 0.25) is 0 Å². The van der Waals surface area contributed by atoms with Crippen molar-refractivity contribution < 1.29 is 14.3 Å². The minimum absolute atomic E-state index is 0.00276. The number of hydrogen-bond donors (Lipinski definition) is 2. The Kier molecular flexibility index (Phi) is 3.56. The van der Waals surface area contributed by atoms with Gasteiger partial charge in [0.1, 0.15) is 6.61 Å². The third-order valence-electron chi connectivity index (χ3n) is 3.45. The number of hydrogen-bond acceptors (Lipinski definition) is 5. The van der Waals surface area contributed by atoms with Crippen molar-refractivity contribution in [2.75, 3.05) is 18.9 Å². The molecule has 0 bridgehead atoms. The summed E-state index contributed by atoms with van der Waals surface area (Å²) in [5.41, 5.74) is 7.35. The normalized spacial score (nSPS) is 19.1. The Bertz CT molecular complexity index is 617. The maximum Gasteiger partial charge on any atom is 0.359 e. The van der Waals surface area contributed by atoms with Crippen LogP contribution in [0.1, 0.15) is 29.8 Å². The summed E-state index contributed by atoms with van der Waals surface area (Å²) in [7, 11) is 0. The lowest BCUT2D eigenvalue weighted by Gasteiger charge is -2.21. The molecule has 1 aromatic carbocycles. The van der Waals surface area contributed by atoms with E-state index in [9.17, 15) is 4.79 Å². The van der Waals surface area contributed by atoms with Crippen molar-refractivity contribution in [2.45, 2.75) is 25.4 Å². The average molecular weight is 275 g/mol. The van der Waals surface area contributed by atoms with E-state index in [-0.39, 0.29) is 18.4 Å². The van der Waals surface area contributed by atoms with Crippen molar-refractivity contribution >= 4 is 22.6 Å². The van der Waals surface area contributed by atoms with Gasteiger partial charge in [-0.15, -0.1) is 0 Å². The molecule has 2 aromatic rings. The molecule has 3 N–H and O–H groups in total. The highest BCUT2D eigenvalue weighted by atomic mass is 16.6. The number of fused-ring (bicyclic) bond motifs is 1. The Morgan fingerprint density at radius 2 is 2.40 bits per heavy atom. The van der Waals surface area contributed by atoms with Gasteiger partial charge in [0.15, 0.2) is 5.69 Å². The molecule has 0 amide bonds. The molecule has 0 saturated carbocycles. The number of anilines is 1. The first-order valence-corrected chi connectivity index (χ1v) is 6.76. The number of carbonyl (C=O) groups excluding carboxylic acids is 1. The summed E-state index contributed by atoms with van der Waals surface area (Å²) >= 11 is 0. The van der Waals surface area contributed by atoms with Crippen molar-refractivity contribution in [1.29, 1.82) is 0 Å². The largest absolute Gasteiger partial charge is 0.458 e. The van der Waals surface area contributed by atoms with Gasteiger partial charge in [-0.05, 0) is 37.5 Å². The lowest BCUT2D eigenvalue weighted by Crippen LogP contribution is -2.26. The summed E-state index contributed by atoms with van der Waals surface area (Å²) in [6.45, 7) is 1.01.